The lowest BCUT2D eigenvalue weighted by molar-refractivity contribution is 0.374. The fraction of sp³-hybridized carbons (Fsp3) is 0.0833. The topological polar surface area (TPSA) is 92.6 Å². The first-order valence-electron chi connectivity index (χ1n) is 4.82. The van der Waals surface area contributed by atoms with Gasteiger partial charge in [0.25, 0.3) is 0 Å². The number of rotatable bonds is 3. The number of halogens is 2. The average Bonchev–Trinajstić information content (AvgIpc) is 2.43. The summed E-state index contributed by atoms with van der Waals surface area (Å²) in [7, 11) is 1.12. The highest BCUT2D eigenvalue weighted by molar-refractivity contribution is 5.64. The van der Waals surface area contributed by atoms with E-state index in [1.54, 1.807) is 6.07 Å². The number of hydrogen-bond donors (Lipinski definition) is 1. The van der Waals surface area contributed by atoms with E-state index in [0.29, 0.717) is 0 Å². The first-order valence-corrected chi connectivity index (χ1v) is 4.82. The number of hydrogen-bond acceptors (Lipinski definition) is 5. The molecule has 19 heavy (non-hydrogen) atoms. The van der Waals surface area contributed by atoms with E-state index in [4.69, 9.17) is 15.8 Å². The number of anilines is 1. The van der Waals surface area contributed by atoms with Crippen LogP contribution in [0.4, 0.5) is 14.5 Å². The summed E-state index contributed by atoms with van der Waals surface area (Å²) in [6, 6.07) is 6.57. The van der Waals surface area contributed by atoms with Crippen LogP contribution in [0.15, 0.2) is 23.4 Å². The standard InChI is InChI=1S/C12H6F2N4O/c1-19-12-9(3-2-8(13)11(12)14)18-10(6-17)7(4-15)5-16/h2-3,18H,1H3. The molecule has 0 aliphatic heterocycles. The first-order chi connectivity index (χ1) is 9.08. The maximum absolute atomic E-state index is 13.4. The van der Waals surface area contributed by atoms with Crippen molar-refractivity contribution in [3.05, 3.63) is 35.0 Å². The maximum atomic E-state index is 13.4. The minimum Gasteiger partial charge on any atom is -0.491 e. The highest BCUT2D eigenvalue weighted by Crippen LogP contribution is 2.30. The summed E-state index contributed by atoms with van der Waals surface area (Å²) in [6.07, 6.45) is 0. The molecule has 1 aromatic carbocycles. The first kappa shape index (κ1) is 14.0. The summed E-state index contributed by atoms with van der Waals surface area (Å²) in [4.78, 5) is 0. The molecule has 0 spiro atoms. The molecular formula is C12H6F2N4O. The third-order valence-electron chi connectivity index (χ3n) is 2.10. The molecule has 0 heterocycles. The Balaban J connectivity index is 3.33. The lowest BCUT2D eigenvalue weighted by atomic mass is 10.2. The summed E-state index contributed by atoms with van der Waals surface area (Å²) in [5, 5.41) is 28.5. The van der Waals surface area contributed by atoms with Crippen molar-refractivity contribution in [1.29, 1.82) is 15.8 Å². The summed E-state index contributed by atoms with van der Waals surface area (Å²) >= 11 is 0. The minimum absolute atomic E-state index is 0.0686. The molecule has 1 rings (SSSR count). The smallest absolute Gasteiger partial charge is 0.202 e. The van der Waals surface area contributed by atoms with Gasteiger partial charge in [0.1, 0.15) is 23.9 Å². The van der Waals surface area contributed by atoms with Crippen LogP contribution in [0.5, 0.6) is 5.75 Å². The molecule has 5 nitrogen and oxygen atoms in total. The number of methoxy groups -OCH3 is 1. The van der Waals surface area contributed by atoms with Gasteiger partial charge < -0.3 is 10.1 Å². The highest BCUT2D eigenvalue weighted by Gasteiger charge is 2.16. The third-order valence-corrected chi connectivity index (χ3v) is 2.10. The van der Waals surface area contributed by atoms with E-state index < -0.39 is 23.0 Å². The van der Waals surface area contributed by atoms with Crippen molar-refractivity contribution in [2.45, 2.75) is 0 Å². The van der Waals surface area contributed by atoms with E-state index in [9.17, 15) is 8.78 Å². The fourth-order valence-corrected chi connectivity index (χ4v) is 1.25. The predicted molar refractivity (Wildman–Crippen MR) is 60.4 cm³/mol. The molecule has 1 N–H and O–H groups in total. The Morgan fingerprint density at radius 3 is 2.26 bits per heavy atom. The van der Waals surface area contributed by atoms with Crippen LogP contribution in [-0.4, -0.2) is 7.11 Å². The van der Waals surface area contributed by atoms with E-state index >= 15 is 0 Å². The molecule has 0 atom stereocenters. The predicted octanol–water partition coefficient (Wildman–Crippen LogP) is 2.21. The molecule has 0 saturated heterocycles. The molecule has 94 valence electrons. The Labute approximate surface area is 107 Å². The van der Waals surface area contributed by atoms with Gasteiger partial charge in [-0.1, -0.05) is 0 Å². The van der Waals surface area contributed by atoms with Crippen LogP contribution in [0.25, 0.3) is 0 Å². The van der Waals surface area contributed by atoms with Crippen molar-refractivity contribution in [3.63, 3.8) is 0 Å². The van der Waals surface area contributed by atoms with Gasteiger partial charge >= 0.3 is 0 Å². The molecule has 0 aliphatic carbocycles. The van der Waals surface area contributed by atoms with Gasteiger partial charge in [-0.2, -0.15) is 20.2 Å². The second-order valence-corrected chi connectivity index (χ2v) is 3.15. The Bertz CT molecular complexity index is 646. The van der Waals surface area contributed by atoms with E-state index in [1.165, 1.54) is 12.1 Å². The summed E-state index contributed by atoms with van der Waals surface area (Å²) in [5.74, 6) is -2.81. The molecule has 0 amide bonds. The number of allylic oxidation sites excluding steroid dienone is 2. The number of ether oxygens (including phenoxy) is 1. The van der Waals surface area contributed by atoms with Crippen molar-refractivity contribution in [2.24, 2.45) is 0 Å². The number of nitrogens with one attached hydrogen (secondary N) is 1. The van der Waals surface area contributed by atoms with Crippen LogP contribution in [0, 0.1) is 45.6 Å². The summed E-state index contributed by atoms with van der Waals surface area (Å²) < 4.78 is 31.1. The second kappa shape index (κ2) is 6.00. The largest absolute Gasteiger partial charge is 0.491 e. The third kappa shape index (κ3) is 2.77. The summed E-state index contributed by atoms with van der Waals surface area (Å²) in [5.41, 5.74) is -0.926. The number of nitrogens with zero attached hydrogens (tertiary/aromatic N) is 3. The zero-order valence-corrected chi connectivity index (χ0v) is 9.66. The number of nitriles is 3. The van der Waals surface area contributed by atoms with Crippen LogP contribution in [0.2, 0.25) is 0 Å². The lowest BCUT2D eigenvalue weighted by Crippen LogP contribution is -2.04. The lowest BCUT2D eigenvalue weighted by Gasteiger charge is -2.11. The second-order valence-electron chi connectivity index (χ2n) is 3.15. The molecule has 1 aromatic rings. The Kier molecular flexibility index (Phi) is 4.40. The molecule has 0 aromatic heterocycles. The SMILES string of the molecule is COc1c(NC(C#N)=C(C#N)C#N)ccc(F)c1F. The van der Waals surface area contributed by atoms with Gasteiger partial charge in [0.15, 0.2) is 17.1 Å². The summed E-state index contributed by atoms with van der Waals surface area (Å²) in [6.45, 7) is 0. The quantitative estimate of drug-likeness (QED) is 0.841. The van der Waals surface area contributed by atoms with E-state index in [-0.39, 0.29) is 11.4 Å². The normalized spacial score (nSPS) is 8.63. The van der Waals surface area contributed by atoms with Gasteiger partial charge in [-0.25, -0.2) is 4.39 Å². The molecule has 0 fully saturated rings. The van der Waals surface area contributed by atoms with Crippen LogP contribution >= 0.6 is 0 Å². The molecule has 7 heteroatoms. The van der Waals surface area contributed by atoms with Crippen molar-refractivity contribution in [3.8, 4) is 24.0 Å². The Morgan fingerprint density at radius 2 is 1.79 bits per heavy atom. The van der Waals surface area contributed by atoms with Crippen molar-refractivity contribution >= 4 is 5.69 Å². The van der Waals surface area contributed by atoms with E-state index in [1.807, 2.05) is 0 Å². The van der Waals surface area contributed by atoms with Gasteiger partial charge in [-0.05, 0) is 12.1 Å². The Hall–Kier alpha value is -3.11. The molecular weight excluding hydrogens is 254 g/mol. The fourth-order valence-electron chi connectivity index (χ4n) is 1.25. The van der Waals surface area contributed by atoms with Crippen LogP contribution in [0.1, 0.15) is 0 Å². The van der Waals surface area contributed by atoms with Crippen molar-refractivity contribution in [1.82, 2.24) is 0 Å². The van der Waals surface area contributed by atoms with Crippen LogP contribution < -0.4 is 10.1 Å². The van der Waals surface area contributed by atoms with Crippen LogP contribution in [0.3, 0.4) is 0 Å². The van der Waals surface area contributed by atoms with Gasteiger partial charge in [0.2, 0.25) is 5.82 Å². The molecule has 0 saturated carbocycles. The van der Waals surface area contributed by atoms with E-state index in [2.05, 4.69) is 10.1 Å². The minimum atomic E-state index is -1.24. The average molecular weight is 260 g/mol. The zero-order chi connectivity index (χ0) is 14.4. The number of benzene rings is 1. The maximum Gasteiger partial charge on any atom is 0.202 e. The molecule has 0 bridgehead atoms. The van der Waals surface area contributed by atoms with Crippen molar-refractivity contribution in [2.75, 3.05) is 12.4 Å². The van der Waals surface area contributed by atoms with Gasteiger partial charge in [0.05, 0.1) is 12.8 Å². The Morgan fingerprint density at radius 1 is 1.16 bits per heavy atom. The van der Waals surface area contributed by atoms with Gasteiger partial charge in [-0.3, -0.25) is 0 Å². The molecule has 0 aliphatic rings. The van der Waals surface area contributed by atoms with Gasteiger partial charge in [-0.15, -0.1) is 0 Å². The molecule has 0 radical (unpaired) electrons. The van der Waals surface area contributed by atoms with Crippen molar-refractivity contribution < 1.29 is 13.5 Å². The monoisotopic (exact) mass is 260 g/mol. The highest BCUT2D eigenvalue weighted by atomic mass is 19.2. The van der Waals surface area contributed by atoms with Crippen LogP contribution in [-0.2, 0) is 0 Å². The van der Waals surface area contributed by atoms with E-state index in [0.717, 1.165) is 19.2 Å². The zero-order valence-electron chi connectivity index (χ0n) is 9.66. The molecule has 0 unspecified atom stereocenters. The van der Waals surface area contributed by atoms with Gasteiger partial charge in [0, 0.05) is 0 Å².